The molecule has 0 aliphatic carbocycles. The van der Waals surface area contributed by atoms with Crippen molar-refractivity contribution in [1.82, 2.24) is 0 Å². The standard InChI is InChI=1S/C20H15Br2NO2/c21-16-8-4-5-9-18(16)23-20(24)13-25-19-11-10-15(12-17(19)22)14-6-2-1-3-7-14/h1-12H,13H2,(H,23,24). The molecule has 0 heterocycles. The van der Waals surface area contributed by atoms with Crippen LogP contribution in [0.5, 0.6) is 5.75 Å². The summed E-state index contributed by atoms with van der Waals surface area (Å²) < 4.78 is 7.27. The van der Waals surface area contributed by atoms with Crippen LogP contribution < -0.4 is 10.1 Å². The van der Waals surface area contributed by atoms with E-state index in [0.717, 1.165) is 25.8 Å². The Morgan fingerprint density at radius 1 is 0.840 bits per heavy atom. The van der Waals surface area contributed by atoms with Crippen LogP contribution in [0, 0.1) is 0 Å². The highest BCUT2D eigenvalue weighted by atomic mass is 79.9. The van der Waals surface area contributed by atoms with E-state index in [0.29, 0.717) is 5.75 Å². The fraction of sp³-hybridized carbons (Fsp3) is 0.0500. The molecule has 0 bridgehead atoms. The second-order valence-corrected chi connectivity index (χ2v) is 7.04. The molecule has 0 aromatic heterocycles. The number of nitrogens with one attached hydrogen (secondary N) is 1. The van der Waals surface area contributed by atoms with Crippen LogP contribution in [0.2, 0.25) is 0 Å². The number of rotatable bonds is 5. The third-order valence-electron chi connectivity index (χ3n) is 3.55. The quantitative estimate of drug-likeness (QED) is 0.515. The summed E-state index contributed by atoms with van der Waals surface area (Å²) in [5.41, 5.74) is 2.92. The zero-order chi connectivity index (χ0) is 17.6. The number of ether oxygens (including phenoxy) is 1. The number of carbonyl (C=O) groups excluding carboxylic acids is 1. The van der Waals surface area contributed by atoms with Crippen LogP contribution in [0.3, 0.4) is 0 Å². The molecule has 0 radical (unpaired) electrons. The minimum absolute atomic E-state index is 0.0649. The van der Waals surface area contributed by atoms with E-state index in [-0.39, 0.29) is 12.5 Å². The molecule has 1 N–H and O–H groups in total. The molecule has 0 unspecified atom stereocenters. The number of hydrogen-bond acceptors (Lipinski definition) is 2. The van der Waals surface area contributed by atoms with Gasteiger partial charge in [-0.15, -0.1) is 0 Å². The largest absolute Gasteiger partial charge is 0.483 e. The molecule has 0 spiro atoms. The zero-order valence-corrected chi connectivity index (χ0v) is 16.4. The number of benzene rings is 3. The van der Waals surface area contributed by atoms with Gasteiger partial charge in [0.25, 0.3) is 5.91 Å². The fourth-order valence-corrected chi connectivity index (χ4v) is 3.20. The lowest BCUT2D eigenvalue weighted by Gasteiger charge is -2.11. The Bertz CT molecular complexity index is 882. The van der Waals surface area contributed by atoms with Gasteiger partial charge in [-0.3, -0.25) is 4.79 Å². The lowest BCUT2D eigenvalue weighted by atomic mass is 10.1. The molecule has 3 aromatic carbocycles. The van der Waals surface area contributed by atoms with Crippen molar-refractivity contribution in [3.8, 4) is 16.9 Å². The van der Waals surface area contributed by atoms with Crippen LogP contribution >= 0.6 is 31.9 Å². The third-order valence-corrected chi connectivity index (χ3v) is 4.86. The first kappa shape index (κ1) is 17.7. The second kappa shape index (κ2) is 8.32. The van der Waals surface area contributed by atoms with Crippen LogP contribution in [0.15, 0.2) is 81.7 Å². The van der Waals surface area contributed by atoms with E-state index >= 15 is 0 Å². The minimum Gasteiger partial charge on any atom is -0.483 e. The molecule has 1 amide bonds. The van der Waals surface area contributed by atoms with Gasteiger partial charge < -0.3 is 10.1 Å². The lowest BCUT2D eigenvalue weighted by molar-refractivity contribution is -0.118. The third kappa shape index (κ3) is 4.71. The van der Waals surface area contributed by atoms with E-state index in [1.165, 1.54) is 0 Å². The zero-order valence-electron chi connectivity index (χ0n) is 13.2. The Hall–Kier alpha value is -2.11. The summed E-state index contributed by atoms with van der Waals surface area (Å²) in [6, 6.07) is 23.3. The molecule has 0 aliphatic heterocycles. The number of amides is 1. The highest BCUT2D eigenvalue weighted by molar-refractivity contribution is 9.11. The van der Waals surface area contributed by atoms with Gasteiger partial charge in [-0.05, 0) is 67.3 Å². The van der Waals surface area contributed by atoms with E-state index < -0.39 is 0 Å². The first-order chi connectivity index (χ1) is 12.1. The molecular formula is C20H15Br2NO2. The van der Waals surface area contributed by atoms with Gasteiger partial charge in [0.15, 0.2) is 6.61 Å². The molecule has 5 heteroatoms. The lowest BCUT2D eigenvalue weighted by Crippen LogP contribution is -2.20. The molecule has 3 aromatic rings. The number of hydrogen-bond donors (Lipinski definition) is 1. The highest BCUT2D eigenvalue weighted by Gasteiger charge is 2.09. The monoisotopic (exact) mass is 459 g/mol. The topological polar surface area (TPSA) is 38.3 Å². The smallest absolute Gasteiger partial charge is 0.262 e. The molecule has 0 saturated carbocycles. The normalized spacial score (nSPS) is 10.3. The SMILES string of the molecule is O=C(COc1ccc(-c2ccccc2)cc1Br)Nc1ccccc1Br. The van der Waals surface area contributed by atoms with Crippen LogP contribution in [0.4, 0.5) is 5.69 Å². The van der Waals surface area contributed by atoms with Gasteiger partial charge in [0.05, 0.1) is 10.2 Å². The van der Waals surface area contributed by atoms with Crippen LogP contribution in [-0.2, 0) is 4.79 Å². The van der Waals surface area contributed by atoms with Crippen molar-refractivity contribution in [3.05, 3.63) is 81.7 Å². The summed E-state index contributed by atoms with van der Waals surface area (Å²) in [6.45, 7) is -0.0649. The average Bonchev–Trinajstić information content (AvgIpc) is 2.63. The first-order valence-corrected chi connectivity index (χ1v) is 9.24. The Kier molecular flexibility index (Phi) is 5.89. The summed E-state index contributed by atoms with van der Waals surface area (Å²) in [4.78, 5) is 12.1. The molecule has 0 fully saturated rings. The Balaban J connectivity index is 1.63. The predicted molar refractivity (Wildman–Crippen MR) is 108 cm³/mol. The molecular weight excluding hydrogens is 446 g/mol. The van der Waals surface area contributed by atoms with Crippen molar-refractivity contribution >= 4 is 43.5 Å². The summed E-state index contributed by atoms with van der Waals surface area (Å²) in [7, 11) is 0. The summed E-state index contributed by atoms with van der Waals surface area (Å²) in [5.74, 6) is 0.410. The van der Waals surface area contributed by atoms with Crippen molar-refractivity contribution in [1.29, 1.82) is 0 Å². The van der Waals surface area contributed by atoms with E-state index in [4.69, 9.17) is 4.74 Å². The van der Waals surface area contributed by atoms with Gasteiger partial charge in [0.2, 0.25) is 0 Å². The number of carbonyl (C=O) groups is 1. The van der Waals surface area contributed by atoms with Crippen molar-refractivity contribution < 1.29 is 9.53 Å². The van der Waals surface area contributed by atoms with Gasteiger partial charge in [0, 0.05) is 4.47 Å². The summed E-state index contributed by atoms with van der Waals surface area (Å²) in [6.07, 6.45) is 0. The van der Waals surface area contributed by atoms with E-state index in [9.17, 15) is 4.79 Å². The maximum absolute atomic E-state index is 12.1. The molecule has 0 saturated heterocycles. The van der Waals surface area contributed by atoms with Crippen molar-refractivity contribution in [2.45, 2.75) is 0 Å². The van der Waals surface area contributed by atoms with Gasteiger partial charge in [-0.1, -0.05) is 48.5 Å². The first-order valence-electron chi connectivity index (χ1n) is 7.65. The summed E-state index contributed by atoms with van der Waals surface area (Å²) in [5, 5.41) is 2.81. The maximum Gasteiger partial charge on any atom is 0.262 e. The van der Waals surface area contributed by atoms with Crippen LogP contribution in [-0.4, -0.2) is 12.5 Å². The Morgan fingerprint density at radius 3 is 2.28 bits per heavy atom. The van der Waals surface area contributed by atoms with Crippen molar-refractivity contribution in [2.75, 3.05) is 11.9 Å². The average molecular weight is 461 g/mol. The fourth-order valence-electron chi connectivity index (χ4n) is 2.32. The van der Waals surface area contributed by atoms with E-state index in [1.54, 1.807) is 0 Å². The maximum atomic E-state index is 12.1. The molecule has 25 heavy (non-hydrogen) atoms. The van der Waals surface area contributed by atoms with Gasteiger partial charge in [-0.2, -0.15) is 0 Å². The van der Waals surface area contributed by atoms with Gasteiger partial charge >= 0.3 is 0 Å². The van der Waals surface area contributed by atoms with E-state index in [1.807, 2.05) is 72.8 Å². The molecule has 126 valence electrons. The number of para-hydroxylation sites is 1. The van der Waals surface area contributed by atoms with E-state index in [2.05, 4.69) is 37.2 Å². The van der Waals surface area contributed by atoms with Crippen molar-refractivity contribution in [2.24, 2.45) is 0 Å². The Labute approximate surface area is 163 Å². The molecule has 3 rings (SSSR count). The predicted octanol–water partition coefficient (Wildman–Crippen LogP) is 5.90. The minimum atomic E-state index is -0.217. The van der Waals surface area contributed by atoms with Gasteiger partial charge in [-0.25, -0.2) is 0 Å². The Morgan fingerprint density at radius 2 is 1.56 bits per heavy atom. The van der Waals surface area contributed by atoms with Crippen LogP contribution in [0.1, 0.15) is 0 Å². The van der Waals surface area contributed by atoms with Gasteiger partial charge in [0.1, 0.15) is 5.75 Å². The highest BCUT2D eigenvalue weighted by Crippen LogP contribution is 2.30. The van der Waals surface area contributed by atoms with Crippen molar-refractivity contribution in [3.63, 3.8) is 0 Å². The molecule has 0 aliphatic rings. The molecule has 0 atom stereocenters. The second-order valence-electron chi connectivity index (χ2n) is 5.33. The summed E-state index contributed by atoms with van der Waals surface area (Å²) >= 11 is 6.91. The molecule has 3 nitrogen and oxygen atoms in total. The number of anilines is 1. The number of halogens is 2. The van der Waals surface area contributed by atoms with Crippen LogP contribution in [0.25, 0.3) is 11.1 Å².